The van der Waals surface area contributed by atoms with E-state index in [1.165, 1.54) is 0 Å². The number of rotatable bonds is 4. The van der Waals surface area contributed by atoms with Crippen molar-refractivity contribution in [1.82, 2.24) is 4.98 Å². The van der Waals surface area contributed by atoms with Crippen molar-refractivity contribution < 1.29 is 0 Å². The Morgan fingerprint density at radius 3 is 2.82 bits per heavy atom. The molecule has 2 rings (SSSR count). The summed E-state index contributed by atoms with van der Waals surface area (Å²) in [6.45, 7) is 0.614. The van der Waals surface area contributed by atoms with Crippen LogP contribution < -0.4 is 4.90 Å². The maximum atomic E-state index is 8.92. The van der Waals surface area contributed by atoms with Crippen LogP contribution in [0, 0.1) is 22.7 Å². The molecule has 4 nitrogen and oxygen atoms in total. The third kappa shape index (κ3) is 2.49. The molecule has 0 atom stereocenters. The summed E-state index contributed by atoms with van der Waals surface area (Å²) >= 11 is 6.14. The molecule has 0 unspecified atom stereocenters. The van der Waals surface area contributed by atoms with Crippen LogP contribution in [0.15, 0.2) is 12.3 Å². The van der Waals surface area contributed by atoms with Gasteiger partial charge in [0.2, 0.25) is 0 Å². The molecule has 86 valence electrons. The summed E-state index contributed by atoms with van der Waals surface area (Å²) in [6.07, 6.45) is 4.22. The fraction of sp³-hybridized carbons (Fsp3) is 0.417. The molecule has 0 aromatic carbocycles. The van der Waals surface area contributed by atoms with Gasteiger partial charge in [0.1, 0.15) is 16.9 Å². The summed E-state index contributed by atoms with van der Waals surface area (Å²) in [4.78, 5) is 6.27. The lowest BCUT2D eigenvalue weighted by Crippen LogP contribution is -2.28. The van der Waals surface area contributed by atoms with Gasteiger partial charge < -0.3 is 4.90 Å². The molecule has 1 aliphatic rings. The molecular weight excluding hydrogens is 236 g/mol. The Balaban J connectivity index is 2.30. The van der Waals surface area contributed by atoms with E-state index in [9.17, 15) is 0 Å². The minimum Gasteiger partial charge on any atom is -0.351 e. The minimum atomic E-state index is 0.389. The topological polar surface area (TPSA) is 63.7 Å². The smallest absolute Gasteiger partial charge is 0.148 e. The van der Waals surface area contributed by atoms with Crippen LogP contribution in [-0.2, 0) is 0 Å². The second kappa shape index (κ2) is 5.03. The van der Waals surface area contributed by atoms with Crippen LogP contribution in [-0.4, -0.2) is 17.6 Å². The van der Waals surface area contributed by atoms with Crippen molar-refractivity contribution in [3.05, 3.63) is 22.8 Å². The van der Waals surface area contributed by atoms with Gasteiger partial charge in [-0.1, -0.05) is 11.6 Å². The summed E-state index contributed by atoms with van der Waals surface area (Å²) in [7, 11) is 0. The van der Waals surface area contributed by atoms with Gasteiger partial charge in [-0.05, 0) is 18.9 Å². The van der Waals surface area contributed by atoms with Gasteiger partial charge in [-0.3, -0.25) is 0 Å². The van der Waals surface area contributed by atoms with Gasteiger partial charge in [0.15, 0.2) is 0 Å². The number of anilines is 1. The molecule has 17 heavy (non-hydrogen) atoms. The molecule has 0 spiro atoms. The number of halogens is 1. The van der Waals surface area contributed by atoms with Crippen LogP contribution in [0.4, 0.5) is 5.82 Å². The van der Waals surface area contributed by atoms with E-state index in [4.69, 9.17) is 22.1 Å². The number of hydrogen-bond acceptors (Lipinski definition) is 4. The lowest BCUT2D eigenvalue weighted by atomic mass is 10.2. The van der Waals surface area contributed by atoms with Crippen molar-refractivity contribution in [2.24, 2.45) is 0 Å². The summed E-state index contributed by atoms with van der Waals surface area (Å²) in [6, 6.07) is 6.18. The summed E-state index contributed by atoms with van der Waals surface area (Å²) in [5.41, 5.74) is 0.430. The van der Waals surface area contributed by atoms with Crippen LogP contribution in [0.5, 0.6) is 0 Å². The molecule has 0 amide bonds. The third-order valence-corrected chi connectivity index (χ3v) is 3.09. The van der Waals surface area contributed by atoms with Crippen LogP contribution in [0.25, 0.3) is 0 Å². The molecule has 5 heteroatoms. The number of nitriles is 2. The quantitative estimate of drug-likeness (QED) is 0.819. The fourth-order valence-corrected chi connectivity index (χ4v) is 2.00. The molecule has 1 aromatic heterocycles. The van der Waals surface area contributed by atoms with Gasteiger partial charge in [0.25, 0.3) is 0 Å². The highest BCUT2D eigenvalue weighted by Crippen LogP contribution is 2.35. The van der Waals surface area contributed by atoms with Gasteiger partial charge in [0.05, 0.1) is 18.1 Å². The Bertz CT molecular complexity index is 496. The summed E-state index contributed by atoms with van der Waals surface area (Å²) in [5.74, 6) is 0.628. The predicted octanol–water partition coefficient (Wildman–Crippen LogP) is 2.49. The molecule has 1 aromatic rings. The van der Waals surface area contributed by atoms with Crippen molar-refractivity contribution in [1.29, 1.82) is 10.5 Å². The predicted molar refractivity (Wildman–Crippen MR) is 64.6 cm³/mol. The number of hydrogen-bond donors (Lipinski definition) is 0. The third-order valence-electron chi connectivity index (χ3n) is 2.72. The van der Waals surface area contributed by atoms with Crippen molar-refractivity contribution in [2.75, 3.05) is 11.4 Å². The van der Waals surface area contributed by atoms with E-state index in [0.717, 1.165) is 12.8 Å². The van der Waals surface area contributed by atoms with E-state index in [1.54, 1.807) is 12.3 Å². The molecule has 0 saturated heterocycles. The first kappa shape index (κ1) is 11.7. The van der Waals surface area contributed by atoms with Crippen molar-refractivity contribution in [3.63, 3.8) is 0 Å². The molecule has 1 fully saturated rings. The van der Waals surface area contributed by atoms with E-state index in [0.29, 0.717) is 35.4 Å². The zero-order chi connectivity index (χ0) is 12.3. The van der Waals surface area contributed by atoms with Crippen LogP contribution in [0.1, 0.15) is 24.8 Å². The van der Waals surface area contributed by atoms with E-state index < -0.39 is 0 Å². The van der Waals surface area contributed by atoms with Crippen LogP contribution in [0.2, 0.25) is 5.02 Å². The second-order valence-electron chi connectivity index (χ2n) is 3.94. The van der Waals surface area contributed by atoms with Gasteiger partial charge in [0, 0.05) is 18.8 Å². The van der Waals surface area contributed by atoms with Crippen molar-refractivity contribution >= 4 is 17.4 Å². The highest BCUT2D eigenvalue weighted by atomic mass is 35.5. The average Bonchev–Trinajstić information content (AvgIpc) is 3.16. The summed E-state index contributed by atoms with van der Waals surface area (Å²) < 4.78 is 0. The van der Waals surface area contributed by atoms with E-state index in [-0.39, 0.29) is 0 Å². The van der Waals surface area contributed by atoms with Gasteiger partial charge >= 0.3 is 0 Å². The Labute approximate surface area is 105 Å². The lowest BCUT2D eigenvalue weighted by Gasteiger charge is -2.23. The molecule has 1 saturated carbocycles. The lowest BCUT2D eigenvalue weighted by molar-refractivity contribution is 0.778. The van der Waals surface area contributed by atoms with Crippen molar-refractivity contribution in [2.45, 2.75) is 25.3 Å². The SMILES string of the molecule is N#CCCN(c1nccc(C#N)c1Cl)C1CC1. The molecular formula is C12H11ClN4. The standard InChI is InChI=1S/C12H11ClN4/c13-11-9(8-15)4-6-16-12(11)17(7-1-5-14)10-2-3-10/h4,6,10H,1-3,7H2. The molecule has 0 radical (unpaired) electrons. The van der Waals surface area contributed by atoms with Gasteiger partial charge in [-0.25, -0.2) is 4.98 Å². The molecule has 0 aliphatic heterocycles. The molecule has 1 aliphatic carbocycles. The summed E-state index contributed by atoms with van der Waals surface area (Å²) in [5, 5.41) is 18.0. The maximum Gasteiger partial charge on any atom is 0.148 e. The fourth-order valence-electron chi connectivity index (χ4n) is 1.74. The molecule has 1 heterocycles. The second-order valence-corrected chi connectivity index (χ2v) is 4.32. The normalized spacial score (nSPS) is 13.8. The Morgan fingerprint density at radius 1 is 1.47 bits per heavy atom. The van der Waals surface area contributed by atoms with E-state index in [2.05, 4.69) is 11.1 Å². The number of pyridine rings is 1. The Hall–Kier alpha value is -1.78. The highest BCUT2D eigenvalue weighted by Gasteiger charge is 2.31. The van der Waals surface area contributed by atoms with Crippen LogP contribution in [0.3, 0.4) is 0 Å². The Morgan fingerprint density at radius 2 is 2.24 bits per heavy atom. The zero-order valence-corrected chi connectivity index (χ0v) is 9.98. The molecule has 0 N–H and O–H groups in total. The number of aromatic nitrogens is 1. The highest BCUT2D eigenvalue weighted by molar-refractivity contribution is 6.34. The zero-order valence-electron chi connectivity index (χ0n) is 9.23. The monoisotopic (exact) mass is 246 g/mol. The first-order valence-electron chi connectivity index (χ1n) is 5.46. The van der Waals surface area contributed by atoms with Crippen LogP contribution >= 0.6 is 11.6 Å². The molecule has 0 bridgehead atoms. The first-order chi connectivity index (χ1) is 8.27. The first-order valence-corrected chi connectivity index (χ1v) is 5.84. The maximum absolute atomic E-state index is 8.92. The average molecular weight is 247 g/mol. The van der Waals surface area contributed by atoms with Crippen molar-refractivity contribution in [3.8, 4) is 12.1 Å². The number of nitrogens with zero attached hydrogens (tertiary/aromatic N) is 4. The van der Waals surface area contributed by atoms with E-state index in [1.807, 2.05) is 11.0 Å². The minimum absolute atomic E-state index is 0.389. The van der Waals surface area contributed by atoms with E-state index >= 15 is 0 Å². The van der Waals surface area contributed by atoms with Gasteiger partial charge in [-0.2, -0.15) is 10.5 Å². The largest absolute Gasteiger partial charge is 0.351 e. The Kier molecular flexibility index (Phi) is 3.46. The van der Waals surface area contributed by atoms with Gasteiger partial charge in [-0.15, -0.1) is 0 Å².